The Morgan fingerprint density at radius 3 is 2.32 bits per heavy atom. The van der Waals surface area contributed by atoms with Crippen molar-refractivity contribution in [1.29, 1.82) is 0 Å². The molecule has 5 heteroatoms. The minimum Gasteiger partial charge on any atom is -0.481 e. The topological polar surface area (TPSA) is 38.3 Å². The summed E-state index contributed by atoms with van der Waals surface area (Å²) in [4.78, 5) is 12.2. The van der Waals surface area contributed by atoms with E-state index >= 15 is 0 Å². The molecular weight excluding hydrogens is 321 g/mol. The lowest BCUT2D eigenvalue weighted by atomic mass is 10.1. The van der Waals surface area contributed by atoms with Gasteiger partial charge in [-0.05, 0) is 50.6 Å². The third-order valence-corrected chi connectivity index (χ3v) is 3.57. The molecule has 0 spiro atoms. The van der Waals surface area contributed by atoms with E-state index < -0.39 is 6.10 Å². The van der Waals surface area contributed by atoms with E-state index in [-0.39, 0.29) is 5.91 Å². The van der Waals surface area contributed by atoms with Gasteiger partial charge in [0.2, 0.25) is 0 Å². The number of hydrogen-bond donors (Lipinski definition) is 1. The first kappa shape index (κ1) is 16.7. The standard InChI is InChI=1S/C17H17Cl2NO2/c1-10-4-5-16(11(2)6-10)22-12(3)17(21)20-15-8-13(18)7-14(19)9-15/h4-9,12H,1-3H3,(H,20,21)/t12-/m0/s1. The highest BCUT2D eigenvalue weighted by Gasteiger charge is 2.16. The van der Waals surface area contributed by atoms with Crippen LogP contribution in [0.5, 0.6) is 5.75 Å². The highest BCUT2D eigenvalue weighted by molar-refractivity contribution is 6.35. The zero-order valence-electron chi connectivity index (χ0n) is 12.6. The molecule has 1 amide bonds. The van der Waals surface area contributed by atoms with Crippen LogP contribution in [0.25, 0.3) is 0 Å². The molecule has 3 nitrogen and oxygen atoms in total. The molecule has 0 aliphatic heterocycles. The largest absolute Gasteiger partial charge is 0.481 e. The number of amides is 1. The molecule has 2 aromatic carbocycles. The van der Waals surface area contributed by atoms with Crippen LogP contribution in [0.2, 0.25) is 10.0 Å². The number of nitrogens with one attached hydrogen (secondary N) is 1. The first-order valence-corrected chi connectivity index (χ1v) is 7.61. The van der Waals surface area contributed by atoms with Gasteiger partial charge in [0.1, 0.15) is 5.75 Å². The molecule has 0 heterocycles. The SMILES string of the molecule is Cc1ccc(O[C@@H](C)C(=O)Nc2cc(Cl)cc(Cl)c2)c(C)c1. The van der Waals surface area contributed by atoms with E-state index in [1.807, 2.05) is 32.0 Å². The molecular formula is C17H17Cl2NO2. The van der Waals surface area contributed by atoms with Gasteiger partial charge in [-0.25, -0.2) is 0 Å². The predicted octanol–water partition coefficient (Wildman–Crippen LogP) is 5.02. The van der Waals surface area contributed by atoms with Gasteiger partial charge < -0.3 is 10.1 Å². The van der Waals surface area contributed by atoms with E-state index in [0.29, 0.717) is 21.5 Å². The molecule has 0 saturated heterocycles. The number of halogens is 2. The molecule has 1 N–H and O–H groups in total. The van der Waals surface area contributed by atoms with Crippen molar-refractivity contribution in [3.8, 4) is 5.75 Å². The number of carbonyl (C=O) groups excluding carboxylic acids is 1. The number of carbonyl (C=O) groups is 1. The summed E-state index contributed by atoms with van der Waals surface area (Å²) in [6, 6.07) is 10.7. The van der Waals surface area contributed by atoms with Crippen LogP contribution < -0.4 is 10.1 Å². The molecule has 0 aliphatic rings. The second kappa shape index (κ2) is 7.03. The van der Waals surface area contributed by atoms with Gasteiger partial charge in [0.25, 0.3) is 5.91 Å². The Morgan fingerprint density at radius 1 is 1.09 bits per heavy atom. The van der Waals surface area contributed by atoms with Gasteiger partial charge in [0.15, 0.2) is 6.10 Å². The maximum absolute atomic E-state index is 12.2. The summed E-state index contributed by atoms with van der Waals surface area (Å²) in [7, 11) is 0. The van der Waals surface area contributed by atoms with E-state index in [9.17, 15) is 4.79 Å². The summed E-state index contributed by atoms with van der Waals surface area (Å²) in [5.41, 5.74) is 2.68. The number of ether oxygens (including phenoxy) is 1. The van der Waals surface area contributed by atoms with Crippen LogP contribution in [0.4, 0.5) is 5.69 Å². The fraction of sp³-hybridized carbons (Fsp3) is 0.235. The van der Waals surface area contributed by atoms with Crippen LogP contribution in [0.15, 0.2) is 36.4 Å². The van der Waals surface area contributed by atoms with Crippen molar-refractivity contribution in [2.45, 2.75) is 26.9 Å². The quantitative estimate of drug-likeness (QED) is 0.850. The molecule has 0 unspecified atom stereocenters. The highest BCUT2D eigenvalue weighted by atomic mass is 35.5. The fourth-order valence-electron chi connectivity index (χ4n) is 2.05. The van der Waals surface area contributed by atoms with Crippen LogP contribution in [0.3, 0.4) is 0 Å². The monoisotopic (exact) mass is 337 g/mol. The second-order valence-electron chi connectivity index (χ2n) is 5.18. The maximum Gasteiger partial charge on any atom is 0.265 e. The van der Waals surface area contributed by atoms with Crippen LogP contribution in [0, 0.1) is 13.8 Å². The number of anilines is 1. The van der Waals surface area contributed by atoms with E-state index in [2.05, 4.69) is 5.32 Å². The first-order chi connectivity index (χ1) is 10.3. The molecule has 2 rings (SSSR count). The molecule has 0 bridgehead atoms. The van der Waals surface area contributed by atoms with Crippen LogP contribution in [0.1, 0.15) is 18.1 Å². The van der Waals surface area contributed by atoms with E-state index in [4.69, 9.17) is 27.9 Å². The third-order valence-electron chi connectivity index (χ3n) is 3.13. The average Bonchev–Trinajstić information content (AvgIpc) is 2.40. The number of rotatable bonds is 4. The lowest BCUT2D eigenvalue weighted by Crippen LogP contribution is -2.30. The third kappa shape index (κ3) is 4.39. The van der Waals surface area contributed by atoms with E-state index in [1.54, 1.807) is 25.1 Å². The lowest BCUT2D eigenvalue weighted by Gasteiger charge is -2.16. The molecule has 0 aromatic heterocycles. The minimum absolute atomic E-state index is 0.265. The fourth-order valence-corrected chi connectivity index (χ4v) is 2.57. The normalized spacial score (nSPS) is 11.9. The summed E-state index contributed by atoms with van der Waals surface area (Å²) in [6.07, 6.45) is -0.640. The molecule has 0 fully saturated rings. The van der Waals surface area contributed by atoms with Crippen molar-refractivity contribution >= 4 is 34.8 Å². The van der Waals surface area contributed by atoms with Gasteiger partial charge in [-0.3, -0.25) is 4.79 Å². The zero-order chi connectivity index (χ0) is 16.3. The van der Waals surface area contributed by atoms with Crippen molar-refractivity contribution in [3.63, 3.8) is 0 Å². The van der Waals surface area contributed by atoms with Gasteiger partial charge >= 0.3 is 0 Å². The smallest absolute Gasteiger partial charge is 0.265 e. The predicted molar refractivity (Wildman–Crippen MR) is 91.1 cm³/mol. The first-order valence-electron chi connectivity index (χ1n) is 6.86. The summed E-state index contributed by atoms with van der Waals surface area (Å²) >= 11 is 11.8. The Bertz CT molecular complexity index is 681. The lowest BCUT2D eigenvalue weighted by molar-refractivity contribution is -0.122. The summed E-state index contributed by atoms with van der Waals surface area (Å²) in [6.45, 7) is 5.65. The van der Waals surface area contributed by atoms with Crippen molar-refractivity contribution < 1.29 is 9.53 Å². The Hall–Kier alpha value is -1.71. The summed E-state index contributed by atoms with van der Waals surface area (Å²) < 4.78 is 5.72. The Kier molecular flexibility index (Phi) is 5.33. The Morgan fingerprint density at radius 2 is 1.73 bits per heavy atom. The Labute approximate surface area is 140 Å². The van der Waals surface area contributed by atoms with Gasteiger partial charge in [0.05, 0.1) is 0 Å². The molecule has 0 aliphatic carbocycles. The van der Waals surface area contributed by atoms with Crippen molar-refractivity contribution in [2.75, 3.05) is 5.32 Å². The summed E-state index contributed by atoms with van der Waals surface area (Å²) in [5, 5.41) is 3.67. The van der Waals surface area contributed by atoms with Gasteiger partial charge in [-0.1, -0.05) is 40.9 Å². The van der Waals surface area contributed by atoms with Crippen molar-refractivity contribution in [3.05, 3.63) is 57.6 Å². The number of aryl methyl sites for hydroxylation is 2. The molecule has 0 saturated carbocycles. The van der Waals surface area contributed by atoms with E-state index in [0.717, 1.165) is 11.1 Å². The van der Waals surface area contributed by atoms with Gasteiger partial charge in [-0.15, -0.1) is 0 Å². The maximum atomic E-state index is 12.2. The molecule has 2 aromatic rings. The second-order valence-corrected chi connectivity index (χ2v) is 6.05. The molecule has 22 heavy (non-hydrogen) atoms. The molecule has 0 radical (unpaired) electrons. The van der Waals surface area contributed by atoms with E-state index in [1.165, 1.54) is 0 Å². The van der Waals surface area contributed by atoms with Crippen molar-refractivity contribution in [1.82, 2.24) is 0 Å². The summed E-state index contributed by atoms with van der Waals surface area (Å²) in [5.74, 6) is 0.427. The Balaban J connectivity index is 2.05. The number of benzene rings is 2. The van der Waals surface area contributed by atoms with Crippen molar-refractivity contribution in [2.24, 2.45) is 0 Å². The molecule has 116 valence electrons. The van der Waals surface area contributed by atoms with Gasteiger partial charge in [0, 0.05) is 15.7 Å². The zero-order valence-corrected chi connectivity index (χ0v) is 14.1. The number of hydrogen-bond acceptors (Lipinski definition) is 2. The highest BCUT2D eigenvalue weighted by Crippen LogP contribution is 2.23. The van der Waals surface area contributed by atoms with Gasteiger partial charge in [-0.2, -0.15) is 0 Å². The minimum atomic E-state index is -0.640. The van der Waals surface area contributed by atoms with Crippen LogP contribution in [-0.2, 0) is 4.79 Å². The van der Waals surface area contributed by atoms with Crippen LogP contribution >= 0.6 is 23.2 Å². The molecule has 1 atom stereocenters. The van der Waals surface area contributed by atoms with Crippen LogP contribution in [-0.4, -0.2) is 12.0 Å². The average molecular weight is 338 g/mol.